The van der Waals surface area contributed by atoms with Gasteiger partial charge in [0.25, 0.3) is 5.91 Å². The van der Waals surface area contributed by atoms with E-state index in [1.54, 1.807) is 11.9 Å². The number of hydrogen-bond donors (Lipinski definition) is 2. The number of carbonyl (C=O) groups is 2. The number of fused-ring (bicyclic) bond motifs is 2. The van der Waals surface area contributed by atoms with Crippen LogP contribution in [0.2, 0.25) is 0 Å². The lowest BCUT2D eigenvalue weighted by Gasteiger charge is -2.27. The van der Waals surface area contributed by atoms with E-state index in [-0.39, 0.29) is 20.4 Å². The van der Waals surface area contributed by atoms with E-state index in [1.807, 2.05) is 6.07 Å². The van der Waals surface area contributed by atoms with Gasteiger partial charge in [0.05, 0.1) is 0 Å². The summed E-state index contributed by atoms with van der Waals surface area (Å²) in [5.74, 6) is -0.192. The van der Waals surface area contributed by atoms with Crippen molar-refractivity contribution in [3.63, 3.8) is 0 Å². The summed E-state index contributed by atoms with van der Waals surface area (Å²) in [4.78, 5) is 25.6. The fourth-order valence-corrected chi connectivity index (χ4v) is 3.63. The van der Waals surface area contributed by atoms with Gasteiger partial charge in [-0.25, -0.2) is 4.79 Å². The molecule has 0 saturated carbocycles. The minimum Gasteiger partial charge on any atom is -0.326 e. The number of nitrogens with zero attached hydrogens (tertiary/aromatic N) is 1. The molecule has 23 heavy (non-hydrogen) atoms. The number of nitrogens with two attached hydrogens (primary N) is 1. The predicted molar refractivity (Wildman–Crippen MR) is 89.0 cm³/mol. The van der Waals surface area contributed by atoms with Crippen LogP contribution in [0.3, 0.4) is 0 Å². The first kappa shape index (κ1) is 15.6. The van der Waals surface area contributed by atoms with Gasteiger partial charge in [-0.05, 0) is 33.5 Å². The van der Waals surface area contributed by atoms with Crippen molar-refractivity contribution >= 4 is 31.1 Å². The molecule has 1 spiro atoms. The molecule has 0 aromatic heterocycles. The first-order valence-corrected chi connectivity index (χ1v) is 7.37. The quantitative estimate of drug-likeness (QED) is 0.608. The number of hydrogen-bond acceptors (Lipinski definition) is 3. The zero-order valence-corrected chi connectivity index (χ0v) is 12.9. The van der Waals surface area contributed by atoms with E-state index in [1.165, 1.54) is 0 Å². The van der Waals surface area contributed by atoms with Gasteiger partial charge in [-0.1, -0.05) is 24.3 Å². The molecule has 3 N–H and O–H groups in total. The number of benzene rings is 2. The fourth-order valence-electron chi connectivity index (χ4n) is 3.63. The van der Waals surface area contributed by atoms with Gasteiger partial charge in [0.15, 0.2) is 0 Å². The van der Waals surface area contributed by atoms with Gasteiger partial charge in [0.1, 0.15) is 5.54 Å². The van der Waals surface area contributed by atoms with Crippen molar-refractivity contribution < 1.29 is 9.59 Å². The average Bonchev–Trinajstić information content (AvgIpc) is 2.98. The van der Waals surface area contributed by atoms with Gasteiger partial charge < -0.3 is 10.6 Å². The highest BCUT2D eigenvalue weighted by Gasteiger charge is 2.54. The SMILES string of the molecule is CN1C(=O)NC(=O)C12Cc1cc3ccc(CN)cc3cc1C2.[B]. The second kappa shape index (κ2) is 5.10. The van der Waals surface area contributed by atoms with Crippen molar-refractivity contribution in [2.45, 2.75) is 24.9 Å². The molecule has 2 aromatic carbocycles. The number of amides is 3. The van der Waals surface area contributed by atoms with E-state index in [9.17, 15) is 9.59 Å². The Bertz CT molecular complexity index is 836. The lowest BCUT2D eigenvalue weighted by Crippen LogP contribution is -2.48. The van der Waals surface area contributed by atoms with Crippen LogP contribution in [-0.2, 0) is 24.2 Å². The fraction of sp³-hybridized carbons (Fsp3) is 0.294. The van der Waals surface area contributed by atoms with Crippen LogP contribution in [0.5, 0.6) is 0 Å². The lowest BCUT2D eigenvalue weighted by molar-refractivity contribution is -0.125. The highest BCUT2D eigenvalue weighted by Crippen LogP contribution is 2.38. The van der Waals surface area contributed by atoms with E-state index >= 15 is 0 Å². The summed E-state index contributed by atoms with van der Waals surface area (Å²) in [7, 11) is 1.69. The summed E-state index contributed by atoms with van der Waals surface area (Å²) in [5.41, 5.74) is 8.32. The maximum atomic E-state index is 12.3. The number of nitrogens with one attached hydrogen (secondary N) is 1. The monoisotopic (exact) mass is 306 g/mol. The highest BCUT2D eigenvalue weighted by atomic mass is 16.2. The minimum atomic E-state index is -0.756. The van der Waals surface area contributed by atoms with Crippen molar-refractivity contribution in [3.05, 3.63) is 47.0 Å². The number of rotatable bonds is 1. The molecule has 1 fully saturated rings. The Kier molecular flexibility index (Phi) is 3.45. The summed E-state index contributed by atoms with van der Waals surface area (Å²) in [6.45, 7) is 0.511. The number of carbonyl (C=O) groups excluding carboxylic acids is 2. The molecule has 1 unspecified atom stereocenters. The van der Waals surface area contributed by atoms with Crippen LogP contribution in [0.1, 0.15) is 16.7 Å². The van der Waals surface area contributed by atoms with Crippen LogP contribution < -0.4 is 11.1 Å². The van der Waals surface area contributed by atoms with Gasteiger partial charge in [-0.2, -0.15) is 0 Å². The van der Waals surface area contributed by atoms with Crippen LogP contribution in [0.25, 0.3) is 10.8 Å². The number of imide groups is 1. The third-order valence-electron chi connectivity index (χ3n) is 5.01. The topological polar surface area (TPSA) is 75.4 Å². The van der Waals surface area contributed by atoms with E-state index < -0.39 is 5.54 Å². The maximum absolute atomic E-state index is 12.3. The molecule has 6 heteroatoms. The van der Waals surface area contributed by atoms with Crippen molar-refractivity contribution in [1.82, 2.24) is 10.2 Å². The summed E-state index contributed by atoms with van der Waals surface area (Å²) in [5, 5.41) is 4.70. The molecule has 1 saturated heterocycles. The highest BCUT2D eigenvalue weighted by molar-refractivity contribution is 6.08. The normalized spacial score (nSPS) is 22.4. The number of urea groups is 1. The molecular weight excluding hydrogens is 289 g/mol. The summed E-state index contributed by atoms with van der Waals surface area (Å²) in [6.07, 6.45) is 1.14. The van der Waals surface area contributed by atoms with E-state index in [2.05, 4.69) is 29.6 Å². The molecule has 2 aliphatic rings. The molecule has 5 nitrogen and oxygen atoms in total. The van der Waals surface area contributed by atoms with Crippen LogP contribution in [-0.4, -0.2) is 37.8 Å². The summed E-state index contributed by atoms with van der Waals surface area (Å²) < 4.78 is 0. The third-order valence-corrected chi connectivity index (χ3v) is 5.01. The first-order valence-electron chi connectivity index (χ1n) is 7.37. The lowest BCUT2D eigenvalue weighted by atomic mass is 9.95. The van der Waals surface area contributed by atoms with Gasteiger partial charge in [0, 0.05) is 34.8 Å². The summed E-state index contributed by atoms with van der Waals surface area (Å²) >= 11 is 0. The Labute approximate surface area is 136 Å². The van der Waals surface area contributed by atoms with E-state index in [0.717, 1.165) is 27.5 Å². The van der Waals surface area contributed by atoms with Crippen LogP contribution in [0.15, 0.2) is 30.3 Å². The van der Waals surface area contributed by atoms with Crippen LogP contribution in [0.4, 0.5) is 4.79 Å². The van der Waals surface area contributed by atoms with E-state index in [4.69, 9.17) is 5.73 Å². The molecule has 4 rings (SSSR count). The average molecular weight is 306 g/mol. The smallest absolute Gasteiger partial charge is 0.324 e. The Morgan fingerprint density at radius 2 is 1.78 bits per heavy atom. The van der Waals surface area contributed by atoms with Gasteiger partial charge in [-0.3, -0.25) is 10.1 Å². The Hall–Kier alpha value is -2.34. The van der Waals surface area contributed by atoms with Crippen molar-refractivity contribution in [2.75, 3.05) is 7.05 Å². The van der Waals surface area contributed by atoms with Gasteiger partial charge in [0.2, 0.25) is 0 Å². The van der Waals surface area contributed by atoms with Crippen LogP contribution in [0, 0.1) is 0 Å². The number of likely N-dealkylation sites (N-methyl/N-ethyl adjacent to an activating group) is 1. The predicted octanol–water partition coefficient (Wildman–Crippen LogP) is 0.937. The van der Waals surface area contributed by atoms with E-state index in [0.29, 0.717) is 19.4 Å². The Morgan fingerprint density at radius 1 is 1.13 bits per heavy atom. The second-order valence-electron chi connectivity index (χ2n) is 6.21. The third kappa shape index (κ3) is 2.05. The molecule has 1 aliphatic heterocycles. The molecule has 1 aliphatic carbocycles. The van der Waals surface area contributed by atoms with Crippen LogP contribution >= 0.6 is 0 Å². The Balaban J connectivity index is 0.00000156. The standard InChI is InChI=1S/C17H17N3O2.B/c1-20-16(22)19-15(21)17(20)7-13-5-11-3-2-10(9-18)4-12(11)6-14(13)8-17;/h2-6H,7-9,18H2,1H3,(H,19,21,22);. The van der Waals surface area contributed by atoms with Crippen molar-refractivity contribution in [3.8, 4) is 0 Å². The maximum Gasteiger partial charge on any atom is 0.324 e. The molecule has 2 aromatic rings. The minimum absolute atomic E-state index is 0. The molecule has 3 radical (unpaired) electrons. The molecule has 0 bridgehead atoms. The van der Waals surface area contributed by atoms with Crippen molar-refractivity contribution in [2.24, 2.45) is 5.73 Å². The van der Waals surface area contributed by atoms with Gasteiger partial charge >= 0.3 is 6.03 Å². The second-order valence-corrected chi connectivity index (χ2v) is 6.21. The zero-order valence-electron chi connectivity index (χ0n) is 12.9. The Morgan fingerprint density at radius 3 is 2.35 bits per heavy atom. The molecular formula is C17H17BN3O2. The largest absolute Gasteiger partial charge is 0.326 e. The van der Waals surface area contributed by atoms with Gasteiger partial charge in [-0.15, -0.1) is 0 Å². The zero-order chi connectivity index (χ0) is 15.5. The molecule has 1 heterocycles. The summed E-state index contributed by atoms with van der Waals surface area (Å²) in [6, 6.07) is 10.1. The molecule has 3 amide bonds. The van der Waals surface area contributed by atoms with Crippen molar-refractivity contribution in [1.29, 1.82) is 0 Å². The first-order chi connectivity index (χ1) is 10.5. The molecule has 115 valence electrons. The molecule has 1 atom stereocenters.